The second-order valence-electron chi connectivity index (χ2n) is 3.48. The standard InChI is InChI=1S/C11H10BrCl2N3/c1-15-6-7-4-5-17(16-7)9-3-2-8(12)10(13)11(9)14/h2-5,15H,6H2,1H3. The summed E-state index contributed by atoms with van der Waals surface area (Å²) < 4.78 is 2.49. The molecule has 1 aromatic heterocycles. The Bertz CT molecular complexity index is 540. The van der Waals surface area contributed by atoms with Gasteiger partial charge in [0.15, 0.2) is 0 Å². The Morgan fingerprint density at radius 3 is 2.76 bits per heavy atom. The first-order valence-corrected chi connectivity index (χ1v) is 6.51. The number of hydrogen-bond donors (Lipinski definition) is 1. The lowest BCUT2D eigenvalue weighted by Gasteiger charge is -2.07. The van der Waals surface area contributed by atoms with Gasteiger partial charge in [-0.1, -0.05) is 23.2 Å². The van der Waals surface area contributed by atoms with E-state index in [0.717, 1.165) is 22.4 Å². The van der Waals surface area contributed by atoms with Crippen molar-refractivity contribution in [2.45, 2.75) is 6.54 Å². The lowest BCUT2D eigenvalue weighted by molar-refractivity contribution is 0.757. The van der Waals surface area contributed by atoms with Gasteiger partial charge < -0.3 is 5.32 Å². The molecule has 17 heavy (non-hydrogen) atoms. The normalized spacial score (nSPS) is 10.8. The fourth-order valence-electron chi connectivity index (χ4n) is 1.46. The van der Waals surface area contributed by atoms with Crippen LogP contribution in [0.25, 0.3) is 5.69 Å². The zero-order valence-corrected chi connectivity index (χ0v) is 12.1. The Morgan fingerprint density at radius 1 is 1.29 bits per heavy atom. The number of nitrogens with one attached hydrogen (secondary N) is 1. The van der Waals surface area contributed by atoms with Gasteiger partial charge in [-0.2, -0.15) is 5.10 Å². The molecule has 1 heterocycles. The van der Waals surface area contributed by atoms with Gasteiger partial charge in [-0.3, -0.25) is 0 Å². The minimum Gasteiger partial charge on any atom is -0.314 e. The Labute approximate surface area is 118 Å². The largest absolute Gasteiger partial charge is 0.314 e. The van der Waals surface area contributed by atoms with Crippen LogP contribution in [0.4, 0.5) is 0 Å². The molecule has 6 heteroatoms. The van der Waals surface area contributed by atoms with Gasteiger partial charge in [0.2, 0.25) is 0 Å². The molecule has 0 aliphatic heterocycles. The van der Waals surface area contributed by atoms with Crippen LogP contribution in [-0.2, 0) is 6.54 Å². The number of nitrogens with zero attached hydrogens (tertiary/aromatic N) is 2. The zero-order chi connectivity index (χ0) is 12.4. The van der Waals surface area contributed by atoms with Gasteiger partial charge in [0, 0.05) is 17.2 Å². The Morgan fingerprint density at radius 2 is 2.06 bits per heavy atom. The molecular weight excluding hydrogens is 325 g/mol. The molecule has 0 radical (unpaired) electrons. The predicted octanol–water partition coefficient (Wildman–Crippen LogP) is 3.66. The van der Waals surface area contributed by atoms with Crippen molar-refractivity contribution in [3.05, 3.63) is 44.6 Å². The van der Waals surface area contributed by atoms with E-state index < -0.39 is 0 Å². The van der Waals surface area contributed by atoms with Crippen molar-refractivity contribution in [2.24, 2.45) is 0 Å². The van der Waals surface area contributed by atoms with Crippen LogP contribution in [0.3, 0.4) is 0 Å². The lowest BCUT2D eigenvalue weighted by atomic mass is 10.3. The highest BCUT2D eigenvalue weighted by molar-refractivity contribution is 9.10. The third kappa shape index (κ3) is 2.65. The maximum Gasteiger partial charge on any atom is 0.0860 e. The van der Waals surface area contributed by atoms with Crippen molar-refractivity contribution in [3.63, 3.8) is 0 Å². The van der Waals surface area contributed by atoms with E-state index in [4.69, 9.17) is 23.2 Å². The Hall–Kier alpha value is -0.550. The van der Waals surface area contributed by atoms with Crippen LogP contribution in [0.2, 0.25) is 10.0 Å². The maximum absolute atomic E-state index is 6.18. The molecule has 0 bridgehead atoms. The molecular formula is C11H10BrCl2N3. The van der Waals surface area contributed by atoms with E-state index in [-0.39, 0.29) is 0 Å². The molecule has 0 amide bonds. The summed E-state index contributed by atoms with van der Waals surface area (Å²) in [5.41, 5.74) is 1.71. The van der Waals surface area contributed by atoms with Crippen LogP contribution in [0, 0.1) is 0 Å². The number of halogens is 3. The zero-order valence-electron chi connectivity index (χ0n) is 9.04. The van der Waals surface area contributed by atoms with Crippen LogP contribution in [-0.4, -0.2) is 16.8 Å². The van der Waals surface area contributed by atoms with Gasteiger partial charge in [0.1, 0.15) is 0 Å². The van der Waals surface area contributed by atoms with Crippen molar-refractivity contribution in [1.82, 2.24) is 15.1 Å². The van der Waals surface area contributed by atoms with Crippen molar-refractivity contribution < 1.29 is 0 Å². The van der Waals surface area contributed by atoms with Crippen LogP contribution in [0.1, 0.15) is 5.69 Å². The molecule has 0 spiro atoms. The quantitative estimate of drug-likeness (QED) is 0.868. The molecule has 2 rings (SSSR count). The topological polar surface area (TPSA) is 29.9 Å². The molecule has 0 aliphatic rings. The molecule has 0 atom stereocenters. The van der Waals surface area contributed by atoms with E-state index >= 15 is 0 Å². The number of aromatic nitrogens is 2. The first-order valence-electron chi connectivity index (χ1n) is 4.96. The van der Waals surface area contributed by atoms with Crippen LogP contribution >= 0.6 is 39.1 Å². The summed E-state index contributed by atoms with van der Waals surface area (Å²) in [4.78, 5) is 0. The summed E-state index contributed by atoms with van der Waals surface area (Å²) in [6, 6.07) is 5.65. The van der Waals surface area contributed by atoms with Crippen molar-refractivity contribution in [3.8, 4) is 5.69 Å². The molecule has 0 unspecified atom stereocenters. The summed E-state index contributed by atoms with van der Waals surface area (Å²) in [7, 11) is 1.88. The molecule has 1 aromatic carbocycles. The van der Waals surface area contributed by atoms with E-state index in [9.17, 15) is 0 Å². The third-order valence-electron chi connectivity index (χ3n) is 2.26. The summed E-state index contributed by atoms with van der Waals surface area (Å²) >= 11 is 15.6. The monoisotopic (exact) mass is 333 g/mol. The second-order valence-corrected chi connectivity index (χ2v) is 5.09. The molecule has 0 fully saturated rings. The molecule has 0 saturated carbocycles. The average Bonchev–Trinajstić information content (AvgIpc) is 2.75. The third-order valence-corrected chi connectivity index (χ3v) is 4.02. The Balaban J connectivity index is 2.42. The fourth-order valence-corrected chi connectivity index (χ4v) is 2.32. The minimum absolute atomic E-state index is 0.486. The van der Waals surface area contributed by atoms with E-state index in [2.05, 4.69) is 26.3 Å². The molecule has 0 aliphatic carbocycles. The first kappa shape index (κ1) is 12.9. The predicted molar refractivity (Wildman–Crippen MR) is 74.0 cm³/mol. The van der Waals surface area contributed by atoms with Crippen molar-refractivity contribution >= 4 is 39.1 Å². The van der Waals surface area contributed by atoms with Gasteiger partial charge in [-0.15, -0.1) is 0 Å². The van der Waals surface area contributed by atoms with Crippen molar-refractivity contribution in [2.75, 3.05) is 7.05 Å². The SMILES string of the molecule is CNCc1ccn(-c2ccc(Br)c(Cl)c2Cl)n1. The summed E-state index contributed by atoms with van der Waals surface area (Å²) in [6.45, 7) is 0.717. The molecule has 3 nitrogen and oxygen atoms in total. The van der Waals surface area contributed by atoms with Gasteiger partial charge in [0.25, 0.3) is 0 Å². The van der Waals surface area contributed by atoms with E-state index in [1.54, 1.807) is 4.68 Å². The van der Waals surface area contributed by atoms with E-state index in [0.29, 0.717) is 10.0 Å². The first-order chi connectivity index (χ1) is 8.13. The van der Waals surface area contributed by atoms with E-state index in [1.807, 2.05) is 31.4 Å². The van der Waals surface area contributed by atoms with Crippen molar-refractivity contribution in [1.29, 1.82) is 0 Å². The fraction of sp³-hybridized carbons (Fsp3) is 0.182. The van der Waals surface area contributed by atoms with Crippen LogP contribution in [0.5, 0.6) is 0 Å². The highest BCUT2D eigenvalue weighted by Crippen LogP contribution is 2.34. The number of benzene rings is 1. The molecule has 2 aromatic rings. The van der Waals surface area contributed by atoms with E-state index in [1.165, 1.54) is 0 Å². The summed E-state index contributed by atoms with van der Waals surface area (Å²) in [6.07, 6.45) is 1.86. The minimum atomic E-state index is 0.486. The van der Waals surface area contributed by atoms with Gasteiger partial charge in [-0.25, -0.2) is 4.68 Å². The molecule has 90 valence electrons. The molecule has 0 saturated heterocycles. The smallest absolute Gasteiger partial charge is 0.0860 e. The highest BCUT2D eigenvalue weighted by atomic mass is 79.9. The van der Waals surface area contributed by atoms with Crippen LogP contribution < -0.4 is 5.32 Å². The van der Waals surface area contributed by atoms with Gasteiger partial charge >= 0.3 is 0 Å². The summed E-state index contributed by atoms with van der Waals surface area (Å²) in [5, 5.41) is 8.42. The van der Waals surface area contributed by atoms with Crippen LogP contribution in [0.15, 0.2) is 28.9 Å². The molecule has 1 N–H and O–H groups in total. The second kappa shape index (κ2) is 5.40. The average molecular weight is 335 g/mol. The Kier molecular flexibility index (Phi) is 4.09. The lowest BCUT2D eigenvalue weighted by Crippen LogP contribution is -2.06. The maximum atomic E-state index is 6.18. The summed E-state index contributed by atoms with van der Waals surface area (Å²) in [5.74, 6) is 0. The van der Waals surface area contributed by atoms with Gasteiger partial charge in [-0.05, 0) is 41.2 Å². The van der Waals surface area contributed by atoms with Gasteiger partial charge in [0.05, 0.1) is 21.4 Å². The highest BCUT2D eigenvalue weighted by Gasteiger charge is 2.10. The number of hydrogen-bond acceptors (Lipinski definition) is 2. The number of rotatable bonds is 3.